The van der Waals surface area contributed by atoms with Gasteiger partial charge in [-0.3, -0.25) is 0 Å². The van der Waals surface area contributed by atoms with E-state index < -0.39 is 0 Å². The van der Waals surface area contributed by atoms with Gasteiger partial charge in [0.05, 0.1) is 0 Å². The third kappa shape index (κ3) is 2.27. The summed E-state index contributed by atoms with van der Waals surface area (Å²) in [4.78, 5) is 4.41. The first-order valence-corrected chi connectivity index (χ1v) is 5.57. The molecule has 4 nitrogen and oxygen atoms in total. The predicted molar refractivity (Wildman–Crippen MR) is 64.8 cm³/mol. The van der Waals surface area contributed by atoms with Crippen molar-refractivity contribution < 1.29 is 4.39 Å². The maximum absolute atomic E-state index is 13.0. The highest BCUT2D eigenvalue weighted by atomic mass is 19.1. The Kier molecular flexibility index (Phi) is 3.08. The Hall–Kier alpha value is -1.91. The number of halogens is 1. The zero-order valence-corrected chi connectivity index (χ0v) is 9.94. The van der Waals surface area contributed by atoms with Crippen LogP contribution in [0.1, 0.15) is 19.2 Å². The maximum Gasteiger partial charge on any atom is 0.160 e. The maximum atomic E-state index is 13.0. The third-order valence-corrected chi connectivity index (χ3v) is 2.54. The Labute approximate surface area is 99.3 Å². The molecule has 0 saturated carbocycles. The molecule has 0 radical (unpaired) electrons. The van der Waals surface area contributed by atoms with Gasteiger partial charge in [-0.1, -0.05) is 6.92 Å². The Bertz CT molecular complexity index is 533. The average molecular weight is 234 g/mol. The topological polar surface area (TPSA) is 56.7 Å². The first-order chi connectivity index (χ1) is 8.11. The van der Waals surface area contributed by atoms with E-state index in [0.29, 0.717) is 17.1 Å². The lowest BCUT2D eigenvalue weighted by Crippen LogP contribution is -1.98. The SMILES string of the molecule is CCCc1nc(-c2ccc(F)cc2N)n(C)n1. The smallest absolute Gasteiger partial charge is 0.160 e. The molecule has 0 atom stereocenters. The van der Waals surface area contributed by atoms with Gasteiger partial charge in [-0.2, -0.15) is 5.10 Å². The summed E-state index contributed by atoms with van der Waals surface area (Å²) in [5, 5.41) is 4.30. The number of benzene rings is 1. The van der Waals surface area contributed by atoms with Gasteiger partial charge in [-0.15, -0.1) is 0 Å². The van der Waals surface area contributed by atoms with E-state index in [-0.39, 0.29) is 5.82 Å². The van der Waals surface area contributed by atoms with Crippen molar-refractivity contribution >= 4 is 5.69 Å². The zero-order chi connectivity index (χ0) is 12.4. The molecular formula is C12H15FN4. The van der Waals surface area contributed by atoms with Crippen molar-refractivity contribution in [3.8, 4) is 11.4 Å². The number of rotatable bonds is 3. The van der Waals surface area contributed by atoms with Crippen LogP contribution in [-0.4, -0.2) is 14.8 Å². The quantitative estimate of drug-likeness (QED) is 0.828. The van der Waals surface area contributed by atoms with Crippen LogP contribution in [0, 0.1) is 5.82 Å². The van der Waals surface area contributed by atoms with Crippen LogP contribution >= 0.6 is 0 Å². The van der Waals surface area contributed by atoms with Crippen molar-refractivity contribution in [2.75, 3.05) is 5.73 Å². The summed E-state index contributed by atoms with van der Waals surface area (Å²) in [6.07, 6.45) is 1.82. The number of hydrogen-bond donors (Lipinski definition) is 1. The lowest BCUT2D eigenvalue weighted by Gasteiger charge is -2.03. The minimum atomic E-state index is -0.345. The molecule has 17 heavy (non-hydrogen) atoms. The molecule has 0 saturated heterocycles. The summed E-state index contributed by atoms with van der Waals surface area (Å²) in [5.74, 6) is 1.11. The molecule has 0 amide bonds. The summed E-state index contributed by atoms with van der Waals surface area (Å²) in [6, 6.07) is 4.30. The van der Waals surface area contributed by atoms with E-state index in [1.54, 1.807) is 10.7 Å². The first-order valence-electron chi connectivity index (χ1n) is 5.57. The van der Waals surface area contributed by atoms with Crippen LogP contribution < -0.4 is 5.73 Å². The molecule has 2 aromatic rings. The molecule has 2 N–H and O–H groups in total. The van der Waals surface area contributed by atoms with Crippen LogP contribution in [0.4, 0.5) is 10.1 Å². The fraction of sp³-hybridized carbons (Fsp3) is 0.333. The number of anilines is 1. The van der Waals surface area contributed by atoms with Crippen LogP contribution in [0.15, 0.2) is 18.2 Å². The number of aryl methyl sites for hydroxylation is 2. The first kappa shape index (κ1) is 11.6. The van der Waals surface area contributed by atoms with Gasteiger partial charge >= 0.3 is 0 Å². The average Bonchev–Trinajstić information content (AvgIpc) is 2.60. The molecule has 1 aromatic carbocycles. The van der Waals surface area contributed by atoms with Crippen LogP contribution in [0.2, 0.25) is 0 Å². The van der Waals surface area contributed by atoms with Crippen molar-refractivity contribution in [3.05, 3.63) is 29.8 Å². The second-order valence-corrected chi connectivity index (χ2v) is 3.96. The highest BCUT2D eigenvalue weighted by Gasteiger charge is 2.12. The molecule has 0 spiro atoms. The molecule has 0 aliphatic heterocycles. The zero-order valence-electron chi connectivity index (χ0n) is 9.94. The second kappa shape index (κ2) is 4.53. The molecule has 5 heteroatoms. The molecule has 0 aliphatic carbocycles. The van der Waals surface area contributed by atoms with Crippen molar-refractivity contribution in [2.24, 2.45) is 7.05 Å². The second-order valence-electron chi connectivity index (χ2n) is 3.96. The minimum absolute atomic E-state index is 0.345. The van der Waals surface area contributed by atoms with E-state index >= 15 is 0 Å². The standard InChI is InChI=1S/C12H15FN4/c1-3-4-11-15-12(17(2)16-11)9-6-5-8(13)7-10(9)14/h5-7H,3-4,14H2,1-2H3. The highest BCUT2D eigenvalue weighted by molar-refractivity contribution is 5.71. The normalized spacial score (nSPS) is 10.8. The van der Waals surface area contributed by atoms with Crippen molar-refractivity contribution in [2.45, 2.75) is 19.8 Å². The van der Waals surface area contributed by atoms with Gasteiger partial charge in [0.2, 0.25) is 0 Å². The molecule has 0 unspecified atom stereocenters. The summed E-state index contributed by atoms with van der Waals surface area (Å²) in [5.41, 5.74) is 6.87. The molecule has 1 heterocycles. The van der Waals surface area contributed by atoms with Crippen LogP contribution in [0.5, 0.6) is 0 Å². The fourth-order valence-electron chi connectivity index (χ4n) is 1.74. The van der Waals surface area contributed by atoms with Crippen LogP contribution in [0.3, 0.4) is 0 Å². The summed E-state index contributed by atoms with van der Waals surface area (Å²) in [7, 11) is 1.81. The minimum Gasteiger partial charge on any atom is -0.398 e. The molecule has 0 bridgehead atoms. The summed E-state index contributed by atoms with van der Waals surface area (Å²) >= 11 is 0. The fourth-order valence-corrected chi connectivity index (χ4v) is 1.74. The monoisotopic (exact) mass is 234 g/mol. The molecule has 1 aromatic heterocycles. The molecule has 0 fully saturated rings. The van der Waals surface area contributed by atoms with E-state index in [2.05, 4.69) is 17.0 Å². The predicted octanol–water partition coefficient (Wildman–Crippen LogP) is 2.16. The number of aromatic nitrogens is 3. The van der Waals surface area contributed by atoms with E-state index in [9.17, 15) is 4.39 Å². The Morgan fingerprint density at radius 2 is 2.18 bits per heavy atom. The lowest BCUT2D eigenvalue weighted by molar-refractivity contribution is 0.628. The van der Waals surface area contributed by atoms with E-state index in [4.69, 9.17) is 5.73 Å². The third-order valence-electron chi connectivity index (χ3n) is 2.54. The molecule has 0 aliphatic rings. The van der Waals surface area contributed by atoms with Crippen molar-refractivity contribution in [3.63, 3.8) is 0 Å². The van der Waals surface area contributed by atoms with E-state index in [1.807, 2.05) is 7.05 Å². The number of nitrogen functional groups attached to an aromatic ring is 1. The Morgan fingerprint density at radius 1 is 1.41 bits per heavy atom. The van der Waals surface area contributed by atoms with Gasteiger partial charge < -0.3 is 5.73 Å². The van der Waals surface area contributed by atoms with Crippen molar-refractivity contribution in [1.82, 2.24) is 14.8 Å². The van der Waals surface area contributed by atoms with E-state index in [0.717, 1.165) is 18.7 Å². The highest BCUT2D eigenvalue weighted by Crippen LogP contribution is 2.24. The number of hydrogen-bond acceptors (Lipinski definition) is 3. The lowest BCUT2D eigenvalue weighted by atomic mass is 10.1. The van der Waals surface area contributed by atoms with Crippen LogP contribution in [0.25, 0.3) is 11.4 Å². The van der Waals surface area contributed by atoms with Crippen molar-refractivity contribution in [1.29, 1.82) is 0 Å². The van der Waals surface area contributed by atoms with Gasteiger partial charge in [-0.05, 0) is 24.6 Å². The van der Waals surface area contributed by atoms with Gasteiger partial charge in [0.15, 0.2) is 11.6 Å². The summed E-state index contributed by atoms with van der Waals surface area (Å²) < 4.78 is 14.6. The number of nitrogens with zero attached hydrogens (tertiary/aromatic N) is 3. The Morgan fingerprint density at radius 3 is 2.82 bits per heavy atom. The summed E-state index contributed by atoms with van der Waals surface area (Å²) in [6.45, 7) is 2.07. The van der Waals surface area contributed by atoms with Crippen LogP contribution in [-0.2, 0) is 13.5 Å². The largest absolute Gasteiger partial charge is 0.398 e. The van der Waals surface area contributed by atoms with Gasteiger partial charge in [0.25, 0.3) is 0 Å². The number of nitrogens with two attached hydrogens (primary N) is 1. The van der Waals surface area contributed by atoms with Gasteiger partial charge in [-0.25, -0.2) is 14.1 Å². The molecular weight excluding hydrogens is 219 g/mol. The molecule has 2 rings (SSSR count). The van der Waals surface area contributed by atoms with Gasteiger partial charge in [0.1, 0.15) is 5.82 Å². The van der Waals surface area contributed by atoms with E-state index in [1.165, 1.54) is 12.1 Å². The molecule has 90 valence electrons. The Balaban J connectivity index is 2.45. The van der Waals surface area contributed by atoms with Gasteiger partial charge in [0, 0.05) is 24.7 Å².